The predicted octanol–water partition coefficient (Wildman–Crippen LogP) is 2.70. The molecular weight excluding hydrogens is 228 g/mol. The van der Waals surface area contributed by atoms with Gasteiger partial charge in [0.1, 0.15) is 12.7 Å². The van der Waals surface area contributed by atoms with Crippen molar-refractivity contribution in [3.05, 3.63) is 29.8 Å². The van der Waals surface area contributed by atoms with Crippen LogP contribution in [-0.2, 0) is 9.53 Å². The van der Waals surface area contributed by atoms with E-state index >= 15 is 0 Å². The molecule has 0 radical (unpaired) electrons. The average molecular weight is 246 g/mol. The number of hydrogen-bond donors (Lipinski definition) is 1. The molecule has 1 amide bonds. The summed E-state index contributed by atoms with van der Waals surface area (Å²) in [5.41, 5.74) is 0.648. The second-order valence-corrected chi connectivity index (χ2v) is 4.61. The van der Waals surface area contributed by atoms with Crippen LogP contribution in [-0.4, -0.2) is 18.1 Å². The van der Waals surface area contributed by atoms with E-state index in [4.69, 9.17) is 10.00 Å². The van der Waals surface area contributed by atoms with Gasteiger partial charge in [-0.2, -0.15) is 5.26 Å². The number of nitrogens with one attached hydrogen (secondary N) is 1. The van der Waals surface area contributed by atoms with Crippen molar-refractivity contribution in [2.45, 2.75) is 32.8 Å². The Kier molecular flexibility index (Phi) is 4.87. The number of nitrogens with zero attached hydrogens (tertiary/aromatic N) is 1. The van der Waals surface area contributed by atoms with Gasteiger partial charge in [0.05, 0.1) is 16.9 Å². The number of nitriles is 1. The molecule has 0 aliphatic carbocycles. The maximum atomic E-state index is 11.7. The highest BCUT2D eigenvalue weighted by Gasteiger charge is 2.17. The van der Waals surface area contributed by atoms with Gasteiger partial charge in [-0.05, 0) is 32.4 Å². The van der Waals surface area contributed by atoms with E-state index in [9.17, 15) is 4.79 Å². The fraction of sp³-hybridized carbons (Fsp3) is 0.429. The van der Waals surface area contributed by atoms with Crippen LogP contribution in [0, 0.1) is 11.3 Å². The zero-order valence-electron chi connectivity index (χ0n) is 11.0. The number of anilines is 1. The minimum absolute atomic E-state index is 0.0133. The van der Waals surface area contributed by atoms with Crippen LogP contribution in [0.25, 0.3) is 0 Å². The van der Waals surface area contributed by atoms with E-state index in [2.05, 4.69) is 5.32 Å². The standard InChI is InChI=1S/C14H18N2O2/c1-4-14(2,3)18-10-13(17)16-12-8-6-5-7-11(12)9-15/h5-8H,4,10H2,1-3H3,(H,16,17). The zero-order chi connectivity index (χ0) is 13.6. The largest absolute Gasteiger partial charge is 0.366 e. The van der Waals surface area contributed by atoms with E-state index < -0.39 is 0 Å². The number of benzene rings is 1. The molecular formula is C14H18N2O2. The Morgan fingerprint density at radius 3 is 2.72 bits per heavy atom. The second-order valence-electron chi connectivity index (χ2n) is 4.61. The third-order valence-electron chi connectivity index (χ3n) is 2.77. The van der Waals surface area contributed by atoms with Gasteiger partial charge in [0, 0.05) is 0 Å². The summed E-state index contributed by atoms with van der Waals surface area (Å²) in [5, 5.41) is 11.6. The molecule has 1 aromatic rings. The first-order valence-electron chi connectivity index (χ1n) is 5.91. The number of carbonyl (C=O) groups excluding carboxylic acids is 1. The maximum absolute atomic E-state index is 11.7. The molecule has 1 rings (SSSR count). The Balaban J connectivity index is 2.58. The van der Waals surface area contributed by atoms with E-state index in [1.807, 2.05) is 26.8 Å². The molecule has 4 heteroatoms. The van der Waals surface area contributed by atoms with Gasteiger partial charge in [-0.1, -0.05) is 19.1 Å². The van der Waals surface area contributed by atoms with Crippen molar-refractivity contribution in [2.24, 2.45) is 0 Å². The molecule has 0 aliphatic heterocycles. The summed E-state index contributed by atoms with van der Waals surface area (Å²) in [6, 6.07) is 8.91. The highest BCUT2D eigenvalue weighted by atomic mass is 16.5. The Morgan fingerprint density at radius 2 is 2.11 bits per heavy atom. The summed E-state index contributed by atoms with van der Waals surface area (Å²) >= 11 is 0. The van der Waals surface area contributed by atoms with E-state index in [1.54, 1.807) is 24.3 Å². The number of ether oxygens (including phenoxy) is 1. The third-order valence-corrected chi connectivity index (χ3v) is 2.77. The molecule has 0 saturated carbocycles. The number of carbonyl (C=O) groups is 1. The number of amides is 1. The maximum Gasteiger partial charge on any atom is 0.250 e. The molecule has 1 N–H and O–H groups in total. The number of hydrogen-bond acceptors (Lipinski definition) is 3. The molecule has 96 valence electrons. The Morgan fingerprint density at radius 1 is 1.44 bits per heavy atom. The fourth-order valence-corrected chi connectivity index (χ4v) is 1.24. The Hall–Kier alpha value is -1.86. The first-order valence-corrected chi connectivity index (χ1v) is 5.91. The van der Waals surface area contributed by atoms with Crippen molar-refractivity contribution < 1.29 is 9.53 Å². The molecule has 1 aromatic carbocycles. The molecule has 4 nitrogen and oxygen atoms in total. The fourth-order valence-electron chi connectivity index (χ4n) is 1.24. The van der Waals surface area contributed by atoms with Gasteiger partial charge < -0.3 is 10.1 Å². The van der Waals surface area contributed by atoms with E-state index in [0.29, 0.717) is 11.3 Å². The van der Waals surface area contributed by atoms with Gasteiger partial charge in [-0.15, -0.1) is 0 Å². The van der Waals surface area contributed by atoms with Crippen molar-refractivity contribution in [2.75, 3.05) is 11.9 Å². The Bertz CT molecular complexity index is 461. The van der Waals surface area contributed by atoms with Crippen LogP contribution in [0.5, 0.6) is 0 Å². The molecule has 0 aliphatic rings. The molecule has 0 heterocycles. The normalized spacial score (nSPS) is 10.8. The van der Waals surface area contributed by atoms with Crippen LogP contribution >= 0.6 is 0 Å². The molecule has 0 saturated heterocycles. The van der Waals surface area contributed by atoms with Crippen LogP contribution in [0.15, 0.2) is 24.3 Å². The minimum Gasteiger partial charge on any atom is -0.366 e. The molecule has 0 spiro atoms. The van der Waals surface area contributed by atoms with Crippen LogP contribution in [0.1, 0.15) is 32.8 Å². The van der Waals surface area contributed by atoms with Crippen LogP contribution < -0.4 is 5.32 Å². The minimum atomic E-state index is -0.313. The topological polar surface area (TPSA) is 62.1 Å². The first kappa shape index (κ1) is 14.2. The van der Waals surface area contributed by atoms with Crippen molar-refractivity contribution in [3.8, 4) is 6.07 Å². The molecule has 0 unspecified atom stereocenters. The van der Waals surface area contributed by atoms with Gasteiger partial charge in [-0.25, -0.2) is 0 Å². The lowest BCUT2D eigenvalue weighted by molar-refractivity contribution is -0.126. The summed E-state index contributed by atoms with van der Waals surface area (Å²) < 4.78 is 5.49. The first-order chi connectivity index (χ1) is 8.48. The summed E-state index contributed by atoms with van der Waals surface area (Å²) in [6.45, 7) is 5.86. The lowest BCUT2D eigenvalue weighted by Crippen LogP contribution is -2.29. The summed E-state index contributed by atoms with van der Waals surface area (Å²) in [5.74, 6) is -0.251. The predicted molar refractivity (Wildman–Crippen MR) is 70.1 cm³/mol. The van der Waals surface area contributed by atoms with Gasteiger partial charge in [0.15, 0.2) is 0 Å². The van der Waals surface area contributed by atoms with Gasteiger partial charge in [-0.3, -0.25) is 4.79 Å². The summed E-state index contributed by atoms with van der Waals surface area (Å²) in [7, 11) is 0. The SMILES string of the molecule is CCC(C)(C)OCC(=O)Nc1ccccc1C#N. The van der Waals surface area contributed by atoms with Crippen molar-refractivity contribution in [3.63, 3.8) is 0 Å². The van der Waals surface area contributed by atoms with E-state index in [0.717, 1.165) is 6.42 Å². The van der Waals surface area contributed by atoms with E-state index in [1.165, 1.54) is 0 Å². The highest BCUT2D eigenvalue weighted by molar-refractivity contribution is 5.93. The highest BCUT2D eigenvalue weighted by Crippen LogP contribution is 2.15. The quantitative estimate of drug-likeness (QED) is 0.868. The molecule has 0 fully saturated rings. The van der Waals surface area contributed by atoms with E-state index in [-0.39, 0.29) is 18.1 Å². The van der Waals surface area contributed by atoms with Gasteiger partial charge in [0.2, 0.25) is 5.91 Å². The van der Waals surface area contributed by atoms with Crippen molar-refractivity contribution in [1.29, 1.82) is 5.26 Å². The molecule has 18 heavy (non-hydrogen) atoms. The van der Waals surface area contributed by atoms with Crippen molar-refractivity contribution >= 4 is 11.6 Å². The van der Waals surface area contributed by atoms with Gasteiger partial charge >= 0.3 is 0 Å². The summed E-state index contributed by atoms with van der Waals surface area (Å²) in [4.78, 5) is 11.7. The lowest BCUT2D eigenvalue weighted by atomic mass is 10.1. The third kappa shape index (κ3) is 4.19. The summed E-state index contributed by atoms with van der Waals surface area (Å²) in [6.07, 6.45) is 0.828. The number of rotatable bonds is 5. The van der Waals surface area contributed by atoms with Crippen LogP contribution in [0.2, 0.25) is 0 Å². The molecule has 0 atom stereocenters. The molecule has 0 aromatic heterocycles. The monoisotopic (exact) mass is 246 g/mol. The molecule has 0 bridgehead atoms. The van der Waals surface area contributed by atoms with Crippen molar-refractivity contribution in [1.82, 2.24) is 0 Å². The smallest absolute Gasteiger partial charge is 0.250 e. The zero-order valence-corrected chi connectivity index (χ0v) is 11.0. The van der Waals surface area contributed by atoms with Crippen LogP contribution in [0.4, 0.5) is 5.69 Å². The Labute approximate surface area is 108 Å². The second kappa shape index (κ2) is 6.18. The average Bonchev–Trinajstić information content (AvgIpc) is 2.37. The number of para-hydroxylation sites is 1. The van der Waals surface area contributed by atoms with Gasteiger partial charge in [0.25, 0.3) is 0 Å². The van der Waals surface area contributed by atoms with Crippen LogP contribution in [0.3, 0.4) is 0 Å². The lowest BCUT2D eigenvalue weighted by Gasteiger charge is -2.23.